The summed E-state index contributed by atoms with van der Waals surface area (Å²) in [7, 11) is 3.62. The third-order valence-corrected chi connectivity index (χ3v) is 4.34. The number of methoxy groups -OCH3 is 1. The third kappa shape index (κ3) is 4.05. The number of carbonyl (C=O) groups is 1. The summed E-state index contributed by atoms with van der Waals surface area (Å²) in [6, 6.07) is 7.34. The minimum Gasteiger partial charge on any atom is -0.497 e. The van der Waals surface area contributed by atoms with Crippen molar-refractivity contribution in [1.82, 2.24) is 10.2 Å². The number of hydrogen-bond donors (Lipinski definition) is 1. The summed E-state index contributed by atoms with van der Waals surface area (Å²) in [6.45, 7) is 5.07. The Morgan fingerprint density at radius 1 is 1.43 bits per heavy atom. The van der Waals surface area contributed by atoms with Crippen LogP contribution < -0.4 is 10.1 Å². The number of benzene rings is 1. The van der Waals surface area contributed by atoms with Crippen molar-refractivity contribution in [3.8, 4) is 5.75 Å². The van der Waals surface area contributed by atoms with E-state index in [1.165, 1.54) is 12.8 Å². The van der Waals surface area contributed by atoms with Gasteiger partial charge in [0.15, 0.2) is 5.78 Å². The van der Waals surface area contributed by atoms with Gasteiger partial charge < -0.3 is 10.1 Å². The summed E-state index contributed by atoms with van der Waals surface area (Å²) in [5, 5.41) is 3.24. The van der Waals surface area contributed by atoms with Crippen LogP contribution in [0.3, 0.4) is 0 Å². The fraction of sp³-hybridized carbons (Fsp3) is 0.588. The van der Waals surface area contributed by atoms with Crippen LogP contribution in [0.5, 0.6) is 5.75 Å². The Morgan fingerprint density at radius 2 is 2.14 bits per heavy atom. The van der Waals surface area contributed by atoms with Gasteiger partial charge in [0.1, 0.15) is 5.75 Å². The monoisotopic (exact) mass is 290 g/mol. The van der Waals surface area contributed by atoms with E-state index in [4.69, 9.17) is 4.74 Å². The lowest BCUT2D eigenvalue weighted by Crippen LogP contribution is -2.46. The molecule has 21 heavy (non-hydrogen) atoms. The Hall–Kier alpha value is -1.39. The molecule has 0 spiro atoms. The van der Waals surface area contributed by atoms with Gasteiger partial charge in [0, 0.05) is 12.1 Å². The van der Waals surface area contributed by atoms with E-state index in [-0.39, 0.29) is 11.8 Å². The maximum Gasteiger partial charge on any atom is 0.179 e. The Bertz CT molecular complexity index is 456. The summed E-state index contributed by atoms with van der Waals surface area (Å²) >= 11 is 0. The summed E-state index contributed by atoms with van der Waals surface area (Å²) in [4.78, 5) is 14.9. The number of piperidine rings is 1. The molecule has 2 unspecified atom stereocenters. The number of carbonyl (C=O) groups excluding carboxylic acids is 1. The zero-order chi connectivity index (χ0) is 15.2. The zero-order valence-electron chi connectivity index (χ0n) is 13.3. The second kappa shape index (κ2) is 7.57. The molecule has 1 N–H and O–H groups in total. The number of ketones is 1. The van der Waals surface area contributed by atoms with Crippen LogP contribution in [0.25, 0.3) is 0 Å². The molecule has 1 saturated heterocycles. The SMILES string of the molecule is CNCC1CCCN(C(C)C(=O)c2ccc(OC)cc2)C1. The van der Waals surface area contributed by atoms with E-state index in [2.05, 4.69) is 10.2 Å². The van der Waals surface area contributed by atoms with Gasteiger partial charge in [-0.3, -0.25) is 9.69 Å². The highest BCUT2D eigenvalue weighted by Gasteiger charge is 2.27. The van der Waals surface area contributed by atoms with E-state index in [1.54, 1.807) is 7.11 Å². The predicted molar refractivity (Wildman–Crippen MR) is 85.0 cm³/mol. The normalized spacial score (nSPS) is 21.0. The number of ether oxygens (including phenoxy) is 1. The molecule has 2 atom stereocenters. The second-order valence-electron chi connectivity index (χ2n) is 5.83. The van der Waals surface area contributed by atoms with E-state index in [9.17, 15) is 4.79 Å². The molecule has 4 nitrogen and oxygen atoms in total. The molecule has 0 bridgehead atoms. The molecule has 0 radical (unpaired) electrons. The highest BCUT2D eigenvalue weighted by atomic mass is 16.5. The second-order valence-corrected chi connectivity index (χ2v) is 5.83. The Labute approximate surface area is 127 Å². The third-order valence-electron chi connectivity index (χ3n) is 4.34. The lowest BCUT2D eigenvalue weighted by molar-refractivity contribution is 0.0753. The van der Waals surface area contributed by atoms with E-state index in [0.717, 1.165) is 30.9 Å². The van der Waals surface area contributed by atoms with Crippen molar-refractivity contribution >= 4 is 5.78 Å². The summed E-state index contributed by atoms with van der Waals surface area (Å²) < 4.78 is 5.14. The molecular weight excluding hydrogens is 264 g/mol. The zero-order valence-corrected chi connectivity index (χ0v) is 13.3. The van der Waals surface area contributed by atoms with E-state index < -0.39 is 0 Å². The summed E-state index contributed by atoms with van der Waals surface area (Å²) in [5.74, 6) is 1.63. The average molecular weight is 290 g/mol. The Morgan fingerprint density at radius 3 is 2.76 bits per heavy atom. The largest absolute Gasteiger partial charge is 0.497 e. The van der Waals surface area contributed by atoms with Gasteiger partial charge in [0.05, 0.1) is 13.2 Å². The van der Waals surface area contributed by atoms with Gasteiger partial charge in [-0.2, -0.15) is 0 Å². The van der Waals surface area contributed by atoms with Crippen molar-refractivity contribution in [3.05, 3.63) is 29.8 Å². The minimum atomic E-state index is -0.0574. The summed E-state index contributed by atoms with van der Waals surface area (Å²) in [6.07, 6.45) is 2.42. The molecular formula is C17H26N2O2. The van der Waals surface area contributed by atoms with Gasteiger partial charge in [-0.25, -0.2) is 0 Å². The molecule has 1 fully saturated rings. The predicted octanol–water partition coefficient (Wildman–Crippen LogP) is 2.20. The van der Waals surface area contributed by atoms with Crippen LogP contribution in [0.2, 0.25) is 0 Å². The van der Waals surface area contributed by atoms with Gasteiger partial charge in [-0.05, 0) is 70.1 Å². The van der Waals surface area contributed by atoms with Gasteiger partial charge in [0.2, 0.25) is 0 Å². The lowest BCUT2D eigenvalue weighted by atomic mass is 9.95. The molecule has 1 heterocycles. The van der Waals surface area contributed by atoms with Crippen molar-refractivity contribution in [2.75, 3.05) is 33.8 Å². The van der Waals surface area contributed by atoms with E-state index in [1.807, 2.05) is 38.2 Å². The first-order valence-corrected chi connectivity index (χ1v) is 7.72. The topological polar surface area (TPSA) is 41.6 Å². The molecule has 0 aliphatic carbocycles. The van der Waals surface area contributed by atoms with Crippen molar-refractivity contribution in [1.29, 1.82) is 0 Å². The van der Waals surface area contributed by atoms with Crippen molar-refractivity contribution in [3.63, 3.8) is 0 Å². The van der Waals surface area contributed by atoms with Crippen molar-refractivity contribution < 1.29 is 9.53 Å². The number of nitrogens with one attached hydrogen (secondary N) is 1. The maximum atomic E-state index is 12.6. The standard InChI is InChI=1S/C17H26N2O2/c1-13(19-10-4-5-14(12-19)11-18-2)17(20)15-6-8-16(21-3)9-7-15/h6-9,13-14,18H,4-5,10-12H2,1-3H3. The first-order valence-electron chi connectivity index (χ1n) is 7.72. The molecule has 1 aromatic carbocycles. The maximum absolute atomic E-state index is 12.6. The first-order chi connectivity index (χ1) is 10.2. The molecule has 0 amide bonds. The molecule has 1 aliphatic heterocycles. The molecule has 0 saturated carbocycles. The van der Waals surface area contributed by atoms with Crippen molar-refractivity contribution in [2.45, 2.75) is 25.8 Å². The quantitative estimate of drug-likeness (QED) is 0.816. The van der Waals surface area contributed by atoms with Crippen LogP contribution in [-0.2, 0) is 0 Å². The number of rotatable bonds is 6. The highest BCUT2D eigenvalue weighted by Crippen LogP contribution is 2.20. The molecule has 1 aromatic rings. The van der Waals surface area contributed by atoms with E-state index >= 15 is 0 Å². The number of nitrogens with zero attached hydrogens (tertiary/aromatic N) is 1. The van der Waals surface area contributed by atoms with Gasteiger partial charge >= 0.3 is 0 Å². The van der Waals surface area contributed by atoms with Crippen LogP contribution in [0.1, 0.15) is 30.1 Å². The number of hydrogen-bond acceptors (Lipinski definition) is 4. The molecule has 2 rings (SSSR count). The Kier molecular flexibility index (Phi) is 5.76. The van der Waals surface area contributed by atoms with Crippen LogP contribution in [0.4, 0.5) is 0 Å². The van der Waals surface area contributed by atoms with Gasteiger partial charge in [-0.1, -0.05) is 0 Å². The Balaban J connectivity index is 2.00. The van der Waals surface area contributed by atoms with Crippen molar-refractivity contribution in [2.24, 2.45) is 5.92 Å². The molecule has 1 aliphatic rings. The lowest BCUT2D eigenvalue weighted by Gasteiger charge is -2.36. The minimum absolute atomic E-state index is 0.0574. The summed E-state index contributed by atoms with van der Waals surface area (Å²) in [5.41, 5.74) is 0.763. The molecule has 4 heteroatoms. The average Bonchev–Trinajstić information content (AvgIpc) is 2.54. The molecule has 116 valence electrons. The van der Waals surface area contributed by atoms with E-state index in [0.29, 0.717) is 5.92 Å². The number of likely N-dealkylation sites (tertiary alicyclic amines) is 1. The molecule has 0 aromatic heterocycles. The van der Waals surface area contributed by atoms with Crippen LogP contribution in [0, 0.1) is 5.92 Å². The van der Waals surface area contributed by atoms with Crippen LogP contribution >= 0.6 is 0 Å². The van der Waals surface area contributed by atoms with Gasteiger partial charge in [0.25, 0.3) is 0 Å². The van der Waals surface area contributed by atoms with Gasteiger partial charge in [-0.15, -0.1) is 0 Å². The first kappa shape index (κ1) is 16.0. The van der Waals surface area contributed by atoms with Crippen LogP contribution in [-0.4, -0.2) is 50.5 Å². The fourth-order valence-corrected chi connectivity index (χ4v) is 3.07. The van der Waals surface area contributed by atoms with Crippen LogP contribution in [0.15, 0.2) is 24.3 Å². The fourth-order valence-electron chi connectivity index (χ4n) is 3.07. The highest BCUT2D eigenvalue weighted by molar-refractivity contribution is 5.99. The smallest absolute Gasteiger partial charge is 0.179 e. The number of Topliss-reactive ketones (excluding diaryl/α,β-unsaturated/α-hetero) is 1.